The van der Waals surface area contributed by atoms with E-state index in [2.05, 4.69) is 16.7 Å². The standard InChI is InChI=1S/C10H14FOP/c11-13-12-9-5-4-8-10-6-2-1-3-7-10/h1-3,6-7,13H,4-5,8-9H2. The summed E-state index contributed by atoms with van der Waals surface area (Å²) in [5, 5.41) is 0. The second-order valence-corrected chi connectivity index (χ2v) is 3.31. The number of hydrogen-bond donors (Lipinski definition) is 0. The first-order valence-corrected chi connectivity index (χ1v) is 5.23. The number of rotatable bonds is 6. The Labute approximate surface area is 80.3 Å². The van der Waals surface area contributed by atoms with E-state index in [-0.39, 0.29) is 0 Å². The molecule has 0 aliphatic rings. The molecule has 0 aromatic heterocycles. The molecule has 13 heavy (non-hydrogen) atoms. The van der Waals surface area contributed by atoms with Gasteiger partial charge < -0.3 is 4.52 Å². The molecule has 0 saturated heterocycles. The largest absolute Gasteiger partial charge is 0.333 e. The molecule has 0 fully saturated rings. The van der Waals surface area contributed by atoms with Crippen LogP contribution in [0.5, 0.6) is 0 Å². The van der Waals surface area contributed by atoms with Crippen LogP contribution in [0.25, 0.3) is 0 Å². The Morgan fingerprint density at radius 1 is 1.15 bits per heavy atom. The van der Waals surface area contributed by atoms with E-state index in [1.165, 1.54) is 5.56 Å². The Bertz CT molecular complexity index is 215. The van der Waals surface area contributed by atoms with Crippen LogP contribution in [-0.2, 0) is 10.9 Å². The Morgan fingerprint density at radius 3 is 2.62 bits per heavy atom. The summed E-state index contributed by atoms with van der Waals surface area (Å²) in [5.41, 5.74) is 1.34. The van der Waals surface area contributed by atoms with Gasteiger partial charge in [0.05, 0.1) is 6.61 Å². The van der Waals surface area contributed by atoms with E-state index < -0.39 is 9.12 Å². The van der Waals surface area contributed by atoms with Crippen LogP contribution in [0.3, 0.4) is 0 Å². The normalized spacial score (nSPS) is 11.2. The van der Waals surface area contributed by atoms with Crippen molar-refractivity contribution >= 4 is 9.12 Å². The van der Waals surface area contributed by atoms with Gasteiger partial charge in [-0.1, -0.05) is 30.3 Å². The lowest BCUT2D eigenvalue weighted by Crippen LogP contribution is -1.89. The molecule has 0 aliphatic carbocycles. The molecule has 1 aromatic carbocycles. The average Bonchev–Trinajstić information content (AvgIpc) is 2.19. The highest BCUT2D eigenvalue weighted by Gasteiger charge is 1.92. The molecule has 0 spiro atoms. The average molecular weight is 200 g/mol. The summed E-state index contributed by atoms with van der Waals surface area (Å²) in [6, 6.07) is 10.3. The molecule has 1 atom stereocenters. The predicted molar refractivity (Wildman–Crippen MR) is 54.8 cm³/mol. The topological polar surface area (TPSA) is 9.23 Å². The second-order valence-electron chi connectivity index (χ2n) is 2.87. The third-order valence-electron chi connectivity index (χ3n) is 1.86. The van der Waals surface area contributed by atoms with E-state index in [4.69, 9.17) is 0 Å². The van der Waals surface area contributed by atoms with Crippen molar-refractivity contribution in [2.24, 2.45) is 0 Å². The zero-order valence-electron chi connectivity index (χ0n) is 7.50. The van der Waals surface area contributed by atoms with Gasteiger partial charge in [0.25, 0.3) is 0 Å². The third-order valence-corrected chi connectivity index (χ3v) is 2.17. The molecular formula is C10H14FOP. The van der Waals surface area contributed by atoms with Crippen LogP contribution in [0.2, 0.25) is 0 Å². The van der Waals surface area contributed by atoms with Crippen LogP contribution in [0.4, 0.5) is 4.20 Å². The van der Waals surface area contributed by atoms with Crippen LogP contribution < -0.4 is 0 Å². The molecule has 1 rings (SSSR count). The first kappa shape index (κ1) is 10.6. The van der Waals surface area contributed by atoms with Gasteiger partial charge in [0, 0.05) is 0 Å². The molecule has 0 N–H and O–H groups in total. The van der Waals surface area contributed by atoms with Gasteiger partial charge in [-0.15, -0.1) is 0 Å². The summed E-state index contributed by atoms with van der Waals surface area (Å²) >= 11 is 0. The number of hydrogen-bond acceptors (Lipinski definition) is 1. The van der Waals surface area contributed by atoms with E-state index in [9.17, 15) is 4.20 Å². The molecule has 0 aliphatic heterocycles. The summed E-state index contributed by atoms with van der Waals surface area (Å²) in [5.74, 6) is 0. The monoisotopic (exact) mass is 200 g/mol. The fourth-order valence-electron chi connectivity index (χ4n) is 1.19. The zero-order valence-corrected chi connectivity index (χ0v) is 8.50. The van der Waals surface area contributed by atoms with Gasteiger partial charge >= 0.3 is 0 Å². The highest BCUT2D eigenvalue weighted by Crippen LogP contribution is 2.13. The SMILES string of the molecule is FPOCCCCc1ccccc1. The Hall–Kier alpha value is -0.460. The molecule has 1 aromatic rings. The van der Waals surface area contributed by atoms with Crippen molar-refractivity contribution in [1.82, 2.24) is 0 Å². The van der Waals surface area contributed by atoms with Crippen LogP contribution in [0.1, 0.15) is 18.4 Å². The van der Waals surface area contributed by atoms with Crippen molar-refractivity contribution in [3.05, 3.63) is 35.9 Å². The zero-order chi connectivity index (χ0) is 9.36. The smallest absolute Gasteiger partial charge is 0.205 e. The van der Waals surface area contributed by atoms with Gasteiger partial charge in [0.1, 0.15) is 0 Å². The van der Waals surface area contributed by atoms with E-state index in [0.29, 0.717) is 6.61 Å². The predicted octanol–water partition coefficient (Wildman–Crippen LogP) is 3.50. The molecule has 0 saturated carbocycles. The summed E-state index contributed by atoms with van der Waals surface area (Å²) in [4.78, 5) is 0. The van der Waals surface area contributed by atoms with Gasteiger partial charge in [-0.25, -0.2) is 0 Å². The molecule has 3 heteroatoms. The minimum atomic E-state index is -0.864. The quantitative estimate of drug-likeness (QED) is 0.504. The maximum Gasteiger partial charge on any atom is 0.205 e. The lowest BCUT2D eigenvalue weighted by molar-refractivity contribution is 0.333. The fraction of sp³-hybridized carbons (Fsp3) is 0.400. The highest BCUT2D eigenvalue weighted by atomic mass is 31.1. The first-order chi connectivity index (χ1) is 6.43. The molecule has 0 radical (unpaired) electrons. The van der Waals surface area contributed by atoms with Crippen molar-refractivity contribution < 1.29 is 8.72 Å². The lowest BCUT2D eigenvalue weighted by atomic mass is 10.1. The van der Waals surface area contributed by atoms with E-state index in [1.807, 2.05) is 18.2 Å². The fourth-order valence-corrected chi connectivity index (χ4v) is 1.41. The molecule has 72 valence electrons. The minimum Gasteiger partial charge on any atom is -0.333 e. The molecule has 1 unspecified atom stereocenters. The van der Waals surface area contributed by atoms with Crippen LogP contribution >= 0.6 is 9.12 Å². The molecule has 1 nitrogen and oxygen atoms in total. The lowest BCUT2D eigenvalue weighted by Gasteiger charge is -2.00. The molecular weight excluding hydrogens is 186 g/mol. The summed E-state index contributed by atoms with van der Waals surface area (Å²) < 4.78 is 16.2. The van der Waals surface area contributed by atoms with Crippen LogP contribution in [0, 0.1) is 0 Å². The number of halogens is 1. The Balaban J connectivity index is 2.07. The van der Waals surface area contributed by atoms with E-state index in [0.717, 1.165) is 19.3 Å². The number of unbranched alkanes of at least 4 members (excludes halogenated alkanes) is 1. The Kier molecular flexibility index (Phi) is 5.71. The highest BCUT2D eigenvalue weighted by molar-refractivity contribution is 7.25. The second kappa shape index (κ2) is 6.99. The van der Waals surface area contributed by atoms with E-state index >= 15 is 0 Å². The summed E-state index contributed by atoms with van der Waals surface area (Å²) in [7, 11) is -0.864. The van der Waals surface area contributed by atoms with Crippen molar-refractivity contribution in [3.8, 4) is 0 Å². The van der Waals surface area contributed by atoms with Crippen LogP contribution in [0.15, 0.2) is 30.3 Å². The summed E-state index contributed by atoms with van der Waals surface area (Å²) in [6.07, 6.45) is 3.06. The number of aryl methyl sites for hydroxylation is 1. The van der Waals surface area contributed by atoms with E-state index in [1.54, 1.807) is 0 Å². The van der Waals surface area contributed by atoms with Crippen LogP contribution in [-0.4, -0.2) is 6.61 Å². The Morgan fingerprint density at radius 2 is 1.92 bits per heavy atom. The van der Waals surface area contributed by atoms with Crippen molar-refractivity contribution in [2.75, 3.05) is 6.61 Å². The van der Waals surface area contributed by atoms with Gasteiger partial charge in [-0.05, 0) is 24.8 Å². The maximum atomic E-state index is 11.5. The number of benzene rings is 1. The third kappa shape index (κ3) is 4.97. The minimum absolute atomic E-state index is 0.543. The van der Waals surface area contributed by atoms with Gasteiger partial charge in [0.15, 0.2) is 0 Å². The van der Waals surface area contributed by atoms with Gasteiger partial charge in [0.2, 0.25) is 9.12 Å². The first-order valence-electron chi connectivity index (χ1n) is 4.45. The summed E-state index contributed by atoms with van der Waals surface area (Å²) in [6.45, 7) is 0.543. The molecule has 0 bridgehead atoms. The van der Waals surface area contributed by atoms with Crippen molar-refractivity contribution in [3.63, 3.8) is 0 Å². The van der Waals surface area contributed by atoms with Crippen molar-refractivity contribution in [2.45, 2.75) is 19.3 Å². The van der Waals surface area contributed by atoms with Gasteiger partial charge in [-0.3, -0.25) is 0 Å². The maximum absolute atomic E-state index is 11.5. The van der Waals surface area contributed by atoms with Gasteiger partial charge in [-0.2, -0.15) is 4.20 Å². The molecule has 0 heterocycles. The molecule has 0 amide bonds. The van der Waals surface area contributed by atoms with Crippen molar-refractivity contribution in [1.29, 1.82) is 0 Å².